The molecule has 2 rings (SSSR count). The zero-order valence-corrected chi connectivity index (χ0v) is 13.5. The molecule has 1 fully saturated rings. The van der Waals surface area contributed by atoms with E-state index in [0.717, 1.165) is 49.3 Å². The topological polar surface area (TPSA) is 35.6 Å². The number of carbonyl (C=O) groups excluding carboxylic acids is 1. The fourth-order valence-corrected chi connectivity index (χ4v) is 2.75. The van der Waals surface area contributed by atoms with Crippen molar-refractivity contribution in [2.75, 3.05) is 46.3 Å². The van der Waals surface area contributed by atoms with Gasteiger partial charge in [-0.2, -0.15) is 0 Å². The quantitative estimate of drug-likeness (QED) is 0.879. The Morgan fingerprint density at radius 1 is 1.40 bits per heavy atom. The Balaban J connectivity index is 1.76. The summed E-state index contributed by atoms with van der Waals surface area (Å²) in [6.07, 6.45) is 0.470. The van der Waals surface area contributed by atoms with Crippen LogP contribution in [0, 0.1) is 0 Å². The zero-order chi connectivity index (χ0) is 14.4. The van der Waals surface area contributed by atoms with Gasteiger partial charge in [-0.3, -0.25) is 9.69 Å². The van der Waals surface area contributed by atoms with Gasteiger partial charge in [0, 0.05) is 50.8 Å². The van der Waals surface area contributed by atoms with Gasteiger partial charge < -0.3 is 10.2 Å². The van der Waals surface area contributed by atoms with Crippen LogP contribution in [0.15, 0.2) is 28.7 Å². The SMILES string of the molecule is CN(CCN1CCNCC1)C(=O)Cc1cccc(Br)c1. The van der Waals surface area contributed by atoms with Crippen molar-refractivity contribution in [1.29, 1.82) is 0 Å². The molecule has 1 aliphatic heterocycles. The second-order valence-corrected chi connectivity index (χ2v) is 6.13. The molecular weight excluding hydrogens is 318 g/mol. The van der Waals surface area contributed by atoms with Gasteiger partial charge >= 0.3 is 0 Å². The first kappa shape index (κ1) is 15.5. The van der Waals surface area contributed by atoms with E-state index in [2.05, 4.69) is 26.1 Å². The summed E-state index contributed by atoms with van der Waals surface area (Å²) in [5.74, 6) is 0.179. The molecule has 1 saturated heterocycles. The van der Waals surface area contributed by atoms with E-state index in [-0.39, 0.29) is 5.91 Å². The minimum absolute atomic E-state index is 0.179. The summed E-state index contributed by atoms with van der Waals surface area (Å²) in [6, 6.07) is 7.93. The van der Waals surface area contributed by atoms with Crippen LogP contribution in [-0.4, -0.2) is 62.0 Å². The van der Waals surface area contributed by atoms with Gasteiger partial charge in [0.05, 0.1) is 6.42 Å². The van der Waals surface area contributed by atoms with Gasteiger partial charge in [-0.15, -0.1) is 0 Å². The van der Waals surface area contributed by atoms with Crippen LogP contribution >= 0.6 is 15.9 Å². The van der Waals surface area contributed by atoms with Gasteiger partial charge in [0.25, 0.3) is 0 Å². The van der Waals surface area contributed by atoms with Crippen molar-refractivity contribution in [3.8, 4) is 0 Å². The summed E-state index contributed by atoms with van der Waals surface area (Å²) in [5, 5.41) is 3.34. The molecule has 0 spiro atoms. The highest BCUT2D eigenvalue weighted by Gasteiger charge is 2.13. The molecule has 5 heteroatoms. The van der Waals surface area contributed by atoms with E-state index in [1.54, 1.807) is 0 Å². The number of amides is 1. The molecule has 0 bridgehead atoms. The number of likely N-dealkylation sites (N-methyl/N-ethyl adjacent to an activating group) is 1. The average molecular weight is 340 g/mol. The molecule has 1 heterocycles. The molecule has 1 aromatic carbocycles. The van der Waals surface area contributed by atoms with Crippen molar-refractivity contribution < 1.29 is 4.79 Å². The molecule has 0 aliphatic carbocycles. The predicted octanol–water partition coefficient (Wildman–Crippen LogP) is 1.36. The maximum Gasteiger partial charge on any atom is 0.226 e. The van der Waals surface area contributed by atoms with Crippen molar-refractivity contribution in [2.45, 2.75) is 6.42 Å². The highest BCUT2D eigenvalue weighted by atomic mass is 79.9. The summed E-state index contributed by atoms with van der Waals surface area (Å²) in [5.41, 5.74) is 1.05. The van der Waals surface area contributed by atoms with E-state index >= 15 is 0 Å². The second-order valence-electron chi connectivity index (χ2n) is 5.21. The lowest BCUT2D eigenvalue weighted by Crippen LogP contribution is -2.46. The molecule has 1 N–H and O–H groups in total. The lowest BCUT2D eigenvalue weighted by Gasteiger charge is -2.29. The molecule has 0 radical (unpaired) electrons. The third-order valence-corrected chi connectivity index (χ3v) is 4.12. The largest absolute Gasteiger partial charge is 0.344 e. The lowest BCUT2D eigenvalue weighted by molar-refractivity contribution is -0.129. The molecule has 1 amide bonds. The maximum atomic E-state index is 12.2. The van der Waals surface area contributed by atoms with Crippen LogP contribution < -0.4 is 5.32 Å². The van der Waals surface area contributed by atoms with Gasteiger partial charge in [-0.05, 0) is 17.7 Å². The van der Waals surface area contributed by atoms with Crippen molar-refractivity contribution in [2.24, 2.45) is 0 Å². The smallest absolute Gasteiger partial charge is 0.226 e. The molecule has 1 aromatic rings. The third-order valence-electron chi connectivity index (χ3n) is 3.63. The van der Waals surface area contributed by atoms with Crippen LogP contribution in [0.4, 0.5) is 0 Å². The van der Waals surface area contributed by atoms with E-state index in [0.29, 0.717) is 6.42 Å². The highest BCUT2D eigenvalue weighted by Crippen LogP contribution is 2.12. The third kappa shape index (κ3) is 4.89. The van der Waals surface area contributed by atoms with Crippen LogP contribution in [0.5, 0.6) is 0 Å². The van der Waals surface area contributed by atoms with Crippen LogP contribution in [0.2, 0.25) is 0 Å². The van der Waals surface area contributed by atoms with Crippen molar-refractivity contribution in [3.05, 3.63) is 34.3 Å². The fraction of sp³-hybridized carbons (Fsp3) is 0.533. The predicted molar refractivity (Wildman–Crippen MR) is 84.8 cm³/mol. The van der Waals surface area contributed by atoms with E-state index in [9.17, 15) is 4.79 Å². The van der Waals surface area contributed by atoms with Gasteiger partial charge in [-0.1, -0.05) is 28.1 Å². The zero-order valence-electron chi connectivity index (χ0n) is 11.9. The van der Waals surface area contributed by atoms with E-state index in [1.807, 2.05) is 36.2 Å². The summed E-state index contributed by atoms with van der Waals surface area (Å²) < 4.78 is 1.02. The van der Waals surface area contributed by atoms with E-state index in [4.69, 9.17) is 0 Å². The summed E-state index contributed by atoms with van der Waals surface area (Å²) in [6.45, 7) is 6.02. The molecule has 20 heavy (non-hydrogen) atoms. The fourth-order valence-electron chi connectivity index (χ4n) is 2.31. The first-order chi connectivity index (χ1) is 9.65. The molecule has 4 nitrogen and oxygen atoms in total. The number of carbonyl (C=O) groups is 1. The Labute approximate surface area is 129 Å². The van der Waals surface area contributed by atoms with Gasteiger partial charge in [-0.25, -0.2) is 0 Å². The number of hydrogen-bond donors (Lipinski definition) is 1. The molecular formula is C15H22BrN3O. The van der Waals surface area contributed by atoms with Crippen LogP contribution in [0.25, 0.3) is 0 Å². The Morgan fingerprint density at radius 2 is 2.15 bits per heavy atom. The minimum Gasteiger partial charge on any atom is -0.344 e. The monoisotopic (exact) mass is 339 g/mol. The Bertz CT molecular complexity index is 446. The normalized spacial score (nSPS) is 16.1. The lowest BCUT2D eigenvalue weighted by atomic mass is 10.1. The van der Waals surface area contributed by atoms with E-state index < -0.39 is 0 Å². The van der Waals surface area contributed by atoms with E-state index in [1.165, 1.54) is 0 Å². The van der Waals surface area contributed by atoms with Crippen LogP contribution in [0.3, 0.4) is 0 Å². The van der Waals surface area contributed by atoms with Crippen molar-refractivity contribution in [3.63, 3.8) is 0 Å². The Kier molecular flexibility index (Phi) is 6.01. The number of piperazine rings is 1. The number of halogens is 1. The van der Waals surface area contributed by atoms with Crippen molar-refractivity contribution >= 4 is 21.8 Å². The van der Waals surface area contributed by atoms with Gasteiger partial charge in [0.2, 0.25) is 5.91 Å². The molecule has 110 valence electrons. The number of benzene rings is 1. The Morgan fingerprint density at radius 3 is 2.85 bits per heavy atom. The first-order valence-corrected chi connectivity index (χ1v) is 7.86. The van der Waals surface area contributed by atoms with Crippen LogP contribution in [-0.2, 0) is 11.2 Å². The molecule has 0 atom stereocenters. The number of nitrogens with zero attached hydrogens (tertiary/aromatic N) is 2. The molecule has 0 unspecified atom stereocenters. The molecule has 0 aromatic heterocycles. The van der Waals surface area contributed by atoms with Crippen LogP contribution in [0.1, 0.15) is 5.56 Å². The summed E-state index contributed by atoms with van der Waals surface area (Å²) in [7, 11) is 1.89. The minimum atomic E-state index is 0.179. The summed E-state index contributed by atoms with van der Waals surface area (Å²) in [4.78, 5) is 16.4. The first-order valence-electron chi connectivity index (χ1n) is 7.06. The average Bonchev–Trinajstić information content (AvgIpc) is 2.46. The maximum absolute atomic E-state index is 12.2. The Hall–Kier alpha value is -0.910. The highest BCUT2D eigenvalue weighted by molar-refractivity contribution is 9.10. The summed E-state index contributed by atoms with van der Waals surface area (Å²) >= 11 is 3.43. The molecule has 0 saturated carbocycles. The van der Waals surface area contributed by atoms with Gasteiger partial charge in [0.1, 0.15) is 0 Å². The number of rotatable bonds is 5. The van der Waals surface area contributed by atoms with Crippen molar-refractivity contribution in [1.82, 2.24) is 15.1 Å². The molecule has 1 aliphatic rings. The standard InChI is InChI=1S/C15H22BrN3O/c1-18(9-10-19-7-5-17-6-8-19)15(20)12-13-3-2-4-14(16)11-13/h2-4,11,17H,5-10,12H2,1H3. The number of hydrogen-bond acceptors (Lipinski definition) is 3. The second kappa shape index (κ2) is 7.76. The number of nitrogens with one attached hydrogen (secondary N) is 1. The van der Waals surface area contributed by atoms with Gasteiger partial charge in [0.15, 0.2) is 0 Å².